The molecule has 3 heterocycles. The topological polar surface area (TPSA) is 30.7 Å². The minimum atomic E-state index is 0.651. The maximum atomic E-state index is 5.40. The van der Waals surface area contributed by atoms with Gasteiger partial charge in [0.05, 0.1) is 22.2 Å². The molecule has 252 valence electrons. The summed E-state index contributed by atoms with van der Waals surface area (Å²) in [6, 6.07) is 67.4. The molecule has 0 fully saturated rings. The summed E-state index contributed by atoms with van der Waals surface area (Å²) in [6.07, 6.45) is 0. The van der Waals surface area contributed by atoms with Crippen LogP contribution in [0, 0.1) is 0 Å². The van der Waals surface area contributed by atoms with E-state index in [1.807, 2.05) is 17.4 Å². The second-order valence-corrected chi connectivity index (χ2v) is 14.9. The van der Waals surface area contributed by atoms with E-state index in [2.05, 4.69) is 187 Å². The number of rotatable bonds is 5. The van der Waals surface area contributed by atoms with Crippen LogP contribution in [0.3, 0.4) is 0 Å². The first-order valence-corrected chi connectivity index (χ1v) is 19.1. The van der Waals surface area contributed by atoms with Crippen LogP contribution in [-0.4, -0.2) is 14.5 Å². The summed E-state index contributed by atoms with van der Waals surface area (Å²) < 4.78 is 4.91. The number of fused-ring (bicyclic) bond motifs is 7. The molecule has 0 saturated heterocycles. The van der Waals surface area contributed by atoms with Gasteiger partial charge >= 0.3 is 0 Å². The maximum Gasteiger partial charge on any atom is 0.235 e. The predicted octanol–water partition coefficient (Wildman–Crippen LogP) is 13.8. The van der Waals surface area contributed by atoms with Gasteiger partial charge in [0.25, 0.3) is 0 Å². The van der Waals surface area contributed by atoms with E-state index < -0.39 is 0 Å². The molecule has 0 amide bonds. The SMILES string of the molecule is c1ccc(-c2cc(-c3cccc(-c4ccc5sc6ccccc6c5c4)c3)c3c(c2)c2ccccc2n3-c2nc(-c3ccccc3)c3ccccc3n2)cc1. The Balaban J connectivity index is 1.20. The van der Waals surface area contributed by atoms with Gasteiger partial charge in [0, 0.05) is 47.5 Å². The van der Waals surface area contributed by atoms with Gasteiger partial charge in [-0.25, -0.2) is 9.97 Å². The van der Waals surface area contributed by atoms with Gasteiger partial charge in [0.2, 0.25) is 5.95 Å². The first-order valence-electron chi connectivity index (χ1n) is 18.2. The van der Waals surface area contributed by atoms with Crippen LogP contribution in [0.1, 0.15) is 0 Å². The lowest BCUT2D eigenvalue weighted by atomic mass is 9.93. The van der Waals surface area contributed by atoms with Crippen LogP contribution in [0.15, 0.2) is 188 Å². The summed E-state index contributed by atoms with van der Waals surface area (Å²) in [7, 11) is 0. The fourth-order valence-corrected chi connectivity index (χ4v) is 9.16. The molecule has 54 heavy (non-hydrogen) atoms. The van der Waals surface area contributed by atoms with E-state index >= 15 is 0 Å². The fraction of sp³-hybridized carbons (Fsp3) is 0. The van der Waals surface area contributed by atoms with E-state index in [9.17, 15) is 0 Å². The van der Waals surface area contributed by atoms with E-state index in [1.165, 1.54) is 42.4 Å². The standard InChI is InChI=1S/C50H31N3S/c1-3-14-32(15-4-1)37-30-41(36-19-13-18-34(28-36)35-26-27-47-42(29-35)39-21-9-12-25-46(39)54-47)49-43(31-37)38-20-8-11-24-45(38)53(49)50-51-44-23-10-7-22-40(44)48(52-50)33-16-5-2-6-17-33/h1-31H. The van der Waals surface area contributed by atoms with E-state index in [1.54, 1.807) is 0 Å². The lowest BCUT2D eigenvalue weighted by Crippen LogP contribution is -2.04. The molecule has 0 aliphatic rings. The van der Waals surface area contributed by atoms with Crippen molar-refractivity contribution < 1.29 is 0 Å². The quantitative estimate of drug-likeness (QED) is 0.178. The molecule has 0 radical (unpaired) electrons. The molecule has 0 aliphatic carbocycles. The number of aromatic nitrogens is 3. The molecule has 8 aromatic carbocycles. The first-order chi connectivity index (χ1) is 26.8. The van der Waals surface area contributed by atoms with Crippen LogP contribution in [0.25, 0.3) is 103 Å². The molecule has 11 rings (SSSR count). The molecule has 0 spiro atoms. The van der Waals surface area contributed by atoms with E-state index in [4.69, 9.17) is 9.97 Å². The summed E-state index contributed by atoms with van der Waals surface area (Å²) in [5.41, 5.74) is 12.0. The molecular weight excluding hydrogens is 675 g/mol. The van der Waals surface area contributed by atoms with Crippen molar-refractivity contribution in [1.29, 1.82) is 0 Å². The minimum absolute atomic E-state index is 0.651. The van der Waals surface area contributed by atoms with Crippen molar-refractivity contribution in [2.45, 2.75) is 0 Å². The van der Waals surface area contributed by atoms with Crippen LogP contribution in [0.5, 0.6) is 0 Å². The molecule has 3 nitrogen and oxygen atoms in total. The Labute approximate surface area is 316 Å². The third-order valence-electron chi connectivity index (χ3n) is 10.6. The van der Waals surface area contributed by atoms with Crippen LogP contribution in [-0.2, 0) is 0 Å². The average Bonchev–Trinajstić information content (AvgIpc) is 3.79. The molecule has 0 unspecified atom stereocenters. The molecule has 3 aromatic heterocycles. The van der Waals surface area contributed by atoms with E-state index in [-0.39, 0.29) is 0 Å². The number of hydrogen-bond acceptors (Lipinski definition) is 3. The van der Waals surface area contributed by atoms with Crippen molar-refractivity contribution in [3.8, 4) is 50.6 Å². The van der Waals surface area contributed by atoms with Crippen molar-refractivity contribution in [3.63, 3.8) is 0 Å². The van der Waals surface area contributed by atoms with E-state index in [0.29, 0.717) is 5.95 Å². The Kier molecular flexibility index (Phi) is 7.04. The number of nitrogens with zero attached hydrogens (tertiary/aromatic N) is 3. The van der Waals surface area contributed by atoms with Gasteiger partial charge in [-0.1, -0.05) is 140 Å². The second kappa shape index (κ2) is 12.4. The Bertz CT molecular complexity index is 3210. The molecule has 11 aromatic rings. The highest BCUT2D eigenvalue weighted by Gasteiger charge is 2.22. The number of thiophene rings is 1. The molecule has 0 atom stereocenters. The molecular formula is C50H31N3S. The lowest BCUT2D eigenvalue weighted by Gasteiger charge is -2.15. The van der Waals surface area contributed by atoms with Gasteiger partial charge in [-0.2, -0.15) is 0 Å². The van der Waals surface area contributed by atoms with Crippen molar-refractivity contribution in [2.75, 3.05) is 0 Å². The van der Waals surface area contributed by atoms with Gasteiger partial charge < -0.3 is 0 Å². The fourth-order valence-electron chi connectivity index (χ4n) is 8.07. The van der Waals surface area contributed by atoms with Gasteiger partial charge in [0.15, 0.2) is 0 Å². The number of benzene rings is 8. The third kappa shape index (κ3) is 4.96. The molecule has 0 aliphatic heterocycles. The van der Waals surface area contributed by atoms with Gasteiger partial charge in [-0.15, -0.1) is 11.3 Å². The van der Waals surface area contributed by atoms with Crippen LogP contribution in [0.2, 0.25) is 0 Å². The Morgan fingerprint density at radius 3 is 1.85 bits per heavy atom. The summed E-state index contributed by atoms with van der Waals surface area (Å²) in [6.45, 7) is 0. The highest BCUT2D eigenvalue weighted by atomic mass is 32.1. The Morgan fingerprint density at radius 1 is 0.370 bits per heavy atom. The molecule has 0 saturated carbocycles. The third-order valence-corrected chi connectivity index (χ3v) is 11.7. The first kappa shape index (κ1) is 30.7. The zero-order valence-electron chi connectivity index (χ0n) is 29.1. The smallest absolute Gasteiger partial charge is 0.235 e. The zero-order valence-corrected chi connectivity index (χ0v) is 30.0. The van der Waals surface area contributed by atoms with E-state index in [0.717, 1.165) is 55.1 Å². The average molecular weight is 706 g/mol. The zero-order chi connectivity index (χ0) is 35.6. The highest BCUT2D eigenvalue weighted by Crippen LogP contribution is 2.43. The number of hydrogen-bond donors (Lipinski definition) is 0. The van der Waals surface area contributed by atoms with Crippen molar-refractivity contribution >= 4 is 64.2 Å². The van der Waals surface area contributed by atoms with Crippen LogP contribution >= 0.6 is 11.3 Å². The van der Waals surface area contributed by atoms with Gasteiger partial charge in [-0.3, -0.25) is 4.57 Å². The van der Waals surface area contributed by atoms with Crippen LogP contribution < -0.4 is 0 Å². The minimum Gasteiger partial charge on any atom is -0.277 e. The summed E-state index contributed by atoms with van der Waals surface area (Å²) in [4.78, 5) is 10.7. The van der Waals surface area contributed by atoms with Crippen LogP contribution in [0.4, 0.5) is 0 Å². The summed E-state index contributed by atoms with van der Waals surface area (Å²) in [5, 5.41) is 5.97. The largest absolute Gasteiger partial charge is 0.277 e. The molecule has 4 heteroatoms. The monoisotopic (exact) mass is 705 g/mol. The van der Waals surface area contributed by atoms with Gasteiger partial charge in [-0.05, 0) is 76.3 Å². The van der Waals surface area contributed by atoms with Crippen molar-refractivity contribution in [2.24, 2.45) is 0 Å². The summed E-state index contributed by atoms with van der Waals surface area (Å²) >= 11 is 1.85. The normalized spacial score (nSPS) is 11.7. The predicted molar refractivity (Wildman–Crippen MR) is 229 cm³/mol. The maximum absolute atomic E-state index is 5.40. The second-order valence-electron chi connectivity index (χ2n) is 13.8. The van der Waals surface area contributed by atoms with Crippen molar-refractivity contribution in [1.82, 2.24) is 14.5 Å². The van der Waals surface area contributed by atoms with Crippen molar-refractivity contribution in [3.05, 3.63) is 188 Å². The highest BCUT2D eigenvalue weighted by molar-refractivity contribution is 7.25. The summed E-state index contributed by atoms with van der Waals surface area (Å²) in [5.74, 6) is 0.651. The number of para-hydroxylation sites is 2. The Morgan fingerprint density at radius 2 is 1.00 bits per heavy atom. The molecule has 0 N–H and O–H groups in total. The lowest BCUT2D eigenvalue weighted by molar-refractivity contribution is 1.01. The Hall–Kier alpha value is -6.88. The molecule has 0 bridgehead atoms. The van der Waals surface area contributed by atoms with Gasteiger partial charge in [0.1, 0.15) is 0 Å².